The number of Topliss-reactive ketones (excluding diaryl/α,β-unsaturated/α-hetero) is 1. The number of hydrogen-bond donors (Lipinski definition) is 2. The lowest BCUT2D eigenvalue weighted by Crippen LogP contribution is -2.36. The Bertz CT molecular complexity index is 1200. The third-order valence-corrected chi connectivity index (χ3v) is 6.47. The van der Waals surface area contributed by atoms with Crippen molar-refractivity contribution in [3.05, 3.63) is 66.2 Å². The number of nitrogens with zero attached hydrogens (tertiary/aromatic N) is 1. The van der Waals surface area contributed by atoms with Crippen molar-refractivity contribution in [2.24, 2.45) is 5.73 Å². The van der Waals surface area contributed by atoms with Crippen LogP contribution >= 0.6 is 11.3 Å². The van der Waals surface area contributed by atoms with Gasteiger partial charge in [0.05, 0.1) is 16.9 Å². The molecule has 0 bridgehead atoms. The summed E-state index contributed by atoms with van der Waals surface area (Å²) in [6.07, 6.45) is -1.15. The van der Waals surface area contributed by atoms with Crippen molar-refractivity contribution in [1.29, 1.82) is 0 Å². The van der Waals surface area contributed by atoms with Gasteiger partial charge < -0.3 is 15.8 Å². The molecule has 2 heterocycles. The van der Waals surface area contributed by atoms with Crippen LogP contribution in [0.2, 0.25) is 0 Å². The van der Waals surface area contributed by atoms with E-state index in [9.17, 15) is 22.8 Å². The SMILES string of the molecule is NC(=O)Oc1cccc(-c2nc(C(=O)[CH]C3CCCCN3)c(-c3cccc(C(F)(F)F)c3)s2)c1. The van der Waals surface area contributed by atoms with E-state index in [4.69, 9.17) is 10.5 Å². The van der Waals surface area contributed by atoms with E-state index in [2.05, 4.69) is 10.3 Å². The van der Waals surface area contributed by atoms with Crippen LogP contribution in [0, 0.1) is 6.42 Å². The number of amides is 1. The summed E-state index contributed by atoms with van der Waals surface area (Å²) in [5.41, 5.74) is 5.12. The third-order valence-electron chi connectivity index (χ3n) is 5.31. The molecule has 1 aliphatic rings. The highest BCUT2D eigenvalue weighted by molar-refractivity contribution is 7.18. The van der Waals surface area contributed by atoms with Crippen LogP contribution in [0.4, 0.5) is 18.0 Å². The third kappa shape index (κ3) is 5.63. The summed E-state index contributed by atoms with van der Waals surface area (Å²) in [7, 11) is 0. The predicted octanol–water partition coefficient (Wildman–Crippen LogP) is 5.48. The van der Waals surface area contributed by atoms with Gasteiger partial charge in [0.1, 0.15) is 16.5 Å². The number of aromatic nitrogens is 1. The Morgan fingerprint density at radius 2 is 1.88 bits per heavy atom. The van der Waals surface area contributed by atoms with E-state index in [1.807, 2.05) is 0 Å². The number of halogens is 3. The first kappa shape index (κ1) is 23.9. The Morgan fingerprint density at radius 3 is 2.59 bits per heavy atom. The fraction of sp³-hybridized carbons (Fsp3) is 0.250. The van der Waals surface area contributed by atoms with E-state index in [-0.39, 0.29) is 28.8 Å². The molecular weight excluding hydrogens is 467 g/mol. The molecule has 1 radical (unpaired) electrons. The lowest BCUT2D eigenvalue weighted by Gasteiger charge is -2.22. The maximum Gasteiger partial charge on any atom is 0.416 e. The molecular formula is C24H21F3N3O3S. The van der Waals surface area contributed by atoms with Crippen LogP contribution in [0.5, 0.6) is 5.75 Å². The van der Waals surface area contributed by atoms with Crippen molar-refractivity contribution < 1.29 is 27.5 Å². The molecule has 10 heteroatoms. The van der Waals surface area contributed by atoms with E-state index in [0.29, 0.717) is 15.4 Å². The summed E-state index contributed by atoms with van der Waals surface area (Å²) in [5.74, 6) is -0.175. The van der Waals surface area contributed by atoms with Gasteiger partial charge >= 0.3 is 12.3 Å². The molecule has 1 aliphatic heterocycles. The summed E-state index contributed by atoms with van der Waals surface area (Å²) in [5, 5.41) is 3.66. The van der Waals surface area contributed by atoms with Crippen molar-refractivity contribution >= 4 is 23.2 Å². The van der Waals surface area contributed by atoms with Crippen LogP contribution in [-0.2, 0) is 6.18 Å². The van der Waals surface area contributed by atoms with Gasteiger partial charge in [-0.3, -0.25) is 4.79 Å². The Kier molecular flexibility index (Phi) is 6.99. The molecule has 6 nitrogen and oxygen atoms in total. The number of nitrogens with two attached hydrogens (primary N) is 1. The first-order valence-corrected chi connectivity index (χ1v) is 11.4. The molecule has 1 unspecified atom stereocenters. The van der Waals surface area contributed by atoms with Crippen molar-refractivity contribution in [2.45, 2.75) is 31.5 Å². The van der Waals surface area contributed by atoms with Gasteiger partial charge in [0.25, 0.3) is 0 Å². The Balaban J connectivity index is 1.75. The quantitative estimate of drug-likeness (QED) is 0.448. The number of nitrogens with one attached hydrogen (secondary N) is 1. The van der Waals surface area contributed by atoms with Crippen molar-refractivity contribution in [1.82, 2.24) is 10.3 Å². The number of ether oxygens (including phenoxy) is 1. The summed E-state index contributed by atoms with van der Waals surface area (Å²) in [6, 6.07) is 11.1. The van der Waals surface area contributed by atoms with Crippen molar-refractivity contribution in [3.63, 3.8) is 0 Å². The number of hydrogen-bond acceptors (Lipinski definition) is 6. The minimum absolute atomic E-state index is 0.0768. The fourth-order valence-corrected chi connectivity index (χ4v) is 4.80. The van der Waals surface area contributed by atoms with Crippen LogP contribution in [0.15, 0.2) is 48.5 Å². The average Bonchev–Trinajstić information content (AvgIpc) is 3.25. The molecule has 2 aromatic carbocycles. The van der Waals surface area contributed by atoms with Gasteiger partial charge in [-0.25, -0.2) is 9.78 Å². The minimum atomic E-state index is -4.52. The van der Waals surface area contributed by atoms with Crippen LogP contribution in [0.25, 0.3) is 21.0 Å². The van der Waals surface area contributed by atoms with Crippen LogP contribution < -0.4 is 15.8 Å². The van der Waals surface area contributed by atoms with Crippen molar-refractivity contribution in [3.8, 4) is 26.8 Å². The molecule has 1 fully saturated rings. The Hall–Kier alpha value is -3.24. The zero-order valence-electron chi connectivity index (χ0n) is 17.9. The number of benzene rings is 2. The fourth-order valence-electron chi connectivity index (χ4n) is 3.73. The normalized spacial score (nSPS) is 16.3. The van der Waals surface area contributed by atoms with Gasteiger partial charge in [0.2, 0.25) is 0 Å². The van der Waals surface area contributed by atoms with E-state index >= 15 is 0 Å². The smallest absolute Gasteiger partial charge is 0.410 e. The number of ketones is 1. The van der Waals surface area contributed by atoms with Crippen LogP contribution in [0.3, 0.4) is 0 Å². The average molecular weight is 489 g/mol. The second-order valence-corrected chi connectivity index (χ2v) is 8.81. The molecule has 1 amide bonds. The van der Waals surface area contributed by atoms with Crippen LogP contribution in [0.1, 0.15) is 35.3 Å². The van der Waals surface area contributed by atoms with E-state index in [1.165, 1.54) is 24.3 Å². The molecule has 0 spiro atoms. The van der Waals surface area contributed by atoms with E-state index in [0.717, 1.165) is 49.3 Å². The molecule has 1 atom stereocenters. The van der Waals surface area contributed by atoms with Crippen molar-refractivity contribution in [2.75, 3.05) is 6.54 Å². The summed E-state index contributed by atoms with van der Waals surface area (Å²) < 4.78 is 44.9. The van der Waals surface area contributed by atoms with Gasteiger partial charge in [-0.15, -0.1) is 11.3 Å². The Morgan fingerprint density at radius 1 is 1.12 bits per heavy atom. The predicted molar refractivity (Wildman–Crippen MR) is 122 cm³/mol. The molecule has 0 saturated carbocycles. The van der Waals surface area contributed by atoms with Gasteiger partial charge in [0, 0.05) is 11.6 Å². The number of alkyl halides is 3. The highest BCUT2D eigenvalue weighted by atomic mass is 32.1. The zero-order valence-corrected chi connectivity index (χ0v) is 18.7. The van der Waals surface area contributed by atoms with E-state index < -0.39 is 17.8 Å². The number of piperidine rings is 1. The molecule has 4 rings (SSSR count). The lowest BCUT2D eigenvalue weighted by atomic mass is 9.97. The lowest BCUT2D eigenvalue weighted by molar-refractivity contribution is -0.137. The molecule has 1 saturated heterocycles. The molecule has 0 aliphatic carbocycles. The number of carbonyl (C=O) groups is 2. The number of carbonyl (C=O) groups excluding carboxylic acids is 2. The van der Waals surface area contributed by atoms with E-state index in [1.54, 1.807) is 18.6 Å². The molecule has 1 aromatic heterocycles. The van der Waals surface area contributed by atoms with Gasteiger partial charge in [0.15, 0.2) is 5.78 Å². The number of thiazole rings is 1. The second-order valence-electron chi connectivity index (χ2n) is 7.81. The second kappa shape index (κ2) is 9.94. The number of rotatable bonds is 6. The van der Waals surface area contributed by atoms with Gasteiger partial charge in [-0.05, 0) is 49.2 Å². The first-order valence-electron chi connectivity index (χ1n) is 10.6. The summed E-state index contributed by atoms with van der Waals surface area (Å²) >= 11 is 1.09. The first-order chi connectivity index (χ1) is 16.2. The van der Waals surface area contributed by atoms with Gasteiger partial charge in [-0.1, -0.05) is 30.7 Å². The standard InChI is InChI=1S/C24H21F3N3O3S/c25-24(26,27)16-7-3-5-14(11-16)21-20(19(31)13-17-8-1-2-10-29-17)30-22(34-21)15-6-4-9-18(12-15)33-23(28)32/h3-7,9,11-13,17,29H,1-2,8,10H2,(H2,28,32). The zero-order chi connectivity index (χ0) is 24.3. The monoisotopic (exact) mass is 488 g/mol. The van der Waals surface area contributed by atoms with Crippen LogP contribution in [-0.4, -0.2) is 29.4 Å². The Labute approximate surface area is 198 Å². The highest BCUT2D eigenvalue weighted by Gasteiger charge is 2.31. The molecule has 3 aromatic rings. The highest BCUT2D eigenvalue weighted by Crippen LogP contribution is 2.39. The maximum atomic E-state index is 13.3. The summed E-state index contributed by atoms with van der Waals surface area (Å²) in [4.78, 5) is 29.1. The maximum absolute atomic E-state index is 13.3. The summed E-state index contributed by atoms with van der Waals surface area (Å²) in [6.45, 7) is 0.796. The minimum Gasteiger partial charge on any atom is -0.410 e. The van der Waals surface area contributed by atoms with Gasteiger partial charge in [-0.2, -0.15) is 13.2 Å². The molecule has 3 N–H and O–H groups in total. The largest absolute Gasteiger partial charge is 0.416 e. The molecule has 177 valence electrons. The number of primary amides is 1. The topological polar surface area (TPSA) is 94.3 Å². The molecule has 34 heavy (non-hydrogen) atoms.